The molecule has 0 heteroatoms. The van der Waals surface area contributed by atoms with E-state index in [4.69, 9.17) is 0 Å². The molecule has 0 amide bonds. The van der Waals surface area contributed by atoms with E-state index in [1.807, 2.05) is 0 Å². The molecule has 0 aliphatic rings. The molecule has 0 spiro atoms. The minimum Gasteiger partial charge on any atom is -0.0654 e. The van der Waals surface area contributed by atoms with Gasteiger partial charge in [-0.05, 0) is 25.3 Å². The first-order chi connectivity index (χ1) is 7.83. The molecule has 0 unspecified atom stereocenters. The summed E-state index contributed by atoms with van der Waals surface area (Å²) in [7, 11) is 0. The summed E-state index contributed by atoms with van der Waals surface area (Å²) in [5.41, 5.74) is 2.90. The van der Waals surface area contributed by atoms with E-state index in [2.05, 4.69) is 38.1 Å². The standard InChI is InChI=1S/C16H26/c1-3-4-5-6-7-8-9-12-16-13-10-11-15(2)14-16/h10-11,13-14H,3-9,12H2,1-2H3. The van der Waals surface area contributed by atoms with Crippen molar-refractivity contribution in [2.75, 3.05) is 0 Å². The summed E-state index contributed by atoms with van der Waals surface area (Å²) in [6.07, 6.45) is 11.1. The van der Waals surface area contributed by atoms with Gasteiger partial charge in [0.25, 0.3) is 0 Å². The normalized spacial score (nSPS) is 10.6. The average molecular weight is 218 g/mol. The molecule has 1 rings (SSSR count). The summed E-state index contributed by atoms with van der Waals surface area (Å²) in [6, 6.07) is 8.92. The summed E-state index contributed by atoms with van der Waals surface area (Å²) in [4.78, 5) is 0. The largest absolute Gasteiger partial charge is 0.0654 e. The van der Waals surface area contributed by atoms with Gasteiger partial charge in [-0.2, -0.15) is 0 Å². The van der Waals surface area contributed by atoms with Crippen molar-refractivity contribution in [3.8, 4) is 0 Å². The Balaban J connectivity index is 2.03. The SMILES string of the molecule is CCCCCCCCCc1cccc(C)c1. The molecule has 1 aromatic rings. The van der Waals surface area contributed by atoms with Crippen LogP contribution in [0.5, 0.6) is 0 Å². The molecule has 90 valence electrons. The highest BCUT2D eigenvalue weighted by atomic mass is 14.0. The molecule has 0 aliphatic heterocycles. The van der Waals surface area contributed by atoms with Crippen molar-refractivity contribution in [3.05, 3.63) is 35.4 Å². The predicted molar refractivity (Wildman–Crippen MR) is 72.9 cm³/mol. The van der Waals surface area contributed by atoms with Crippen molar-refractivity contribution >= 4 is 0 Å². The molecule has 0 atom stereocenters. The zero-order valence-corrected chi connectivity index (χ0v) is 11.0. The van der Waals surface area contributed by atoms with Gasteiger partial charge in [0.05, 0.1) is 0 Å². The summed E-state index contributed by atoms with van der Waals surface area (Å²) in [5.74, 6) is 0. The smallest absolute Gasteiger partial charge is 0.0279 e. The molecule has 0 heterocycles. The minimum absolute atomic E-state index is 1.26. The Bertz CT molecular complexity index is 275. The Kier molecular flexibility index (Phi) is 6.96. The van der Waals surface area contributed by atoms with E-state index >= 15 is 0 Å². The maximum Gasteiger partial charge on any atom is -0.0279 e. The Morgan fingerprint density at radius 1 is 0.875 bits per heavy atom. The van der Waals surface area contributed by atoms with Gasteiger partial charge in [-0.3, -0.25) is 0 Å². The lowest BCUT2D eigenvalue weighted by atomic mass is 10.0. The lowest BCUT2D eigenvalue weighted by molar-refractivity contribution is 0.589. The van der Waals surface area contributed by atoms with Crippen molar-refractivity contribution in [1.82, 2.24) is 0 Å². The first kappa shape index (κ1) is 13.3. The maximum absolute atomic E-state index is 2.32. The van der Waals surface area contributed by atoms with Crippen LogP contribution in [0.4, 0.5) is 0 Å². The number of aryl methyl sites for hydroxylation is 2. The highest BCUT2D eigenvalue weighted by Crippen LogP contribution is 2.11. The molecule has 0 fully saturated rings. The van der Waals surface area contributed by atoms with Crippen LogP contribution in [0.15, 0.2) is 24.3 Å². The number of rotatable bonds is 8. The molecule has 16 heavy (non-hydrogen) atoms. The number of hydrogen-bond donors (Lipinski definition) is 0. The lowest BCUT2D eigenvalue weighted by Gasteiger charge is -2.03. The highest BCUT2D eigenvalue weighted by Gasteiger charge is 1.94. The van der Waals surface area contributed by atoms with Crippen LogP contribution < -0.4 is 0 Å². The minimum atomic E-state index is 1.26. The fourth-order valence-electron chi connectivity index (χ4n) is 2.15. The quantitative estimate of drug-likeness (QED) is 0.520. The Labute approximate surface area is 101 Å². The van der Waals surface area contributed by atoms with Gasteiger partial charge < -0.3 is 0 Å². The molecular weight excluding hydrogens is 192 g/mol. The van der Waals surface area contributed by atoms with Gasteiger partial charge in [-0.25, -0.2) is 0 Å². The van der Waals surface area contributed by atoms with Gasteiger partial charge in [0, 0.05) is 0 Å². The molecule has 0 aromatic heterocycles. The van der Waals surface area contributed by atoms with Gasteiger partial charge in [-0.15, -0.1) is 0 Å². The van der Waals surface area contributed by atoms with Crippen molar-refractivity contribution in [2.24, 2.45) is 0 Å². The van der Waals surface area contributed by atoms with E-state index in [0.29, 0.717) is 0 Å². The predicted octanol–water partition coefficient (Wildman–Crippen LogP) is 5.29. The monoisotopic (exact) mass is 218 g/mol. The molecule has 0 radical (unpaired) electrons. The average Bonchev–Trinajstić information content (AvgIpc) is 2.28. The van der Waals surface area contributed by atoms with E-state index in [1.54, 1.807) is 0 Å². The Morgan fingerprint density at radius 3 is 2.25 bits per heavy atom. The molecule has 0 nitrogen and oxygen atoms in total. The van der Waals surface area contributed by atoms with Crippen molar-refractivity contribution in [1.29, 1.82) is 0 Å². The molecule has 0 aliphatic carbocycles. The Hall–Kier alpha value is -0.780. The molecule has 0 N–H and O–H groups in total. The van der Waals surface area contributed by atoms with Crippen molar-refractivity contribution in [2.45, 2.75) is 65.2 Å². The van der Waals surface area contributed by atoms with E-state index in [1.165, 1.54) is 62.5 Å². The molecule has 0 saturated heterocycles. The molecule has 0 saturated carbocycles. The van der Waals surface area contributed by atoms with E-state index in [9.17, 15) is 0 Å². The van der Waals surface area contributed by atoms with Crippen LogP contribution in [0.2, 0.25) is 0 Å². The van der Waals surface area contributed by atoms with Crippen LogP contribution >= 0.6 is 0 Å². The highest BCUT2D eigenvalue weighted by molar-refractivity contribution is 5.22. The zero-order chi connectivity index (χ0) is 11.6. The van der Waals surface area contributed by atoms with Crippen molar-refractivity contribution in [3.63, 3.8) is 0 Å². The fraction of sp³-hybridized carbons (Fsp3) is 0.625. The first-order valence-electron chi connectivity index (χ1n) is 6.88. The zero-order valence-electron chi connectivity index (χ0n) is 11.0. The van der Waals surface area contributed by atoms with Gasteiger partial charge in [0.2, 0.25) is 0 Å². The maximum atomic E-state index is 2.32. The van der Waals surface area contributed by atoms with Gasteiger partial charge >= 0.3 is 0 Å². The van der Waals surface area contributed by atoms with Crippen LogP contribution in [-0.4, -0.2) is 0 Å². The third-order valence-corrected chi connectivity index (χ3v) is 3.15. The van der Waals surface area contributed by atoms with E-state index < -0.39 is 0 Å². The van der Waals surface area contributed by atoms with Crippen LogP contribution in [0.3, 0.4) is 0 Å². The van der Waals surface area contributed by atoms with Crippen molar-refractivity contribution < 1.29 is 0 Å². The summed E-state index contributed by atoms with van der Waals surface area (Å²) < 4.78 is 0. The van der Waals surface area contributed by atoms with E-state index in [0.717, 1.165) is 0 Å². The van der Waals surface area contributed by atoms with Gasteiger partial charge in [0.15, 0.2) is 0 Å². The second kappa shape index (κ2) is 8.38. The number of benzene rings is 1. The Morgan fingerprint density at radius 2 is 1.56 bits per heavy atom. The van der Waals surface area contributed by atoms with Gasteiger partial charge in [-0.1, -0.05) is 75.3 Å². The third kappa shape index (κ3) is 5.95. The third-order valence-electron chi connectivity index (χ3n) is 3.15. The second-order valence-electron chi connectivity index (χ2n) is 4.86. The molecule has 1 aromatic carbocycles. The molecular formula is C16H26. The van der Waals surface area contributed by atoms with Crippen LogP contribution in [0, 0.1) is 6.92 Å². The van der Waals surface area contributed by atoms with Crippen LogP contribution in [-0.2, 0) is 6.42 Å². The summed E-state index contributed by atoms with van der Waals surface area (Å²) in [5, 5.41) is 0. The number of unbranched alkanes of at least 4 members (excludes halogenated alkanes) is 6. The van der Waals surface area contributed by atoms with Crippen LogP contribution in [0.25, 0.3) is 0 Å². The summed E-state index contributed by atoms with van der Waals surface area (Å²) >= 11 is 0. The number of hydrogen-bond acceptors (Lipinski definition) is 0. The first-order valence-corrected chi connectivity index (χ1v) is 6.88. The lowest BCUT2D eigenvalue weighted by Crippen LogP contribution is -1.87. The molecule has 0 bridgehead atoms. The summed E-state index contributed by atoms with van der Waals surface area (Å²) in [6.45, 7) is 4.45. The topological polar surface area (TPSA) is 0 Å². The van der Waals surface area contributed by atoms with E-state index in [-0.39, 0.29) is 0 Å². The van der Waals surface area contributed by atoms with Gasteiger partial charge in [0.1, 0.15) is 0 Å². The van der Waals surface area contributed by atoms with Crippen LogP contribution in [0.1, 0.15) is 63.0 Å². The fourth-order valence-corrected chi connectivity index (χ4v) is 2.15. The second-order valence-corrected chi connectivity index (χ2v) is 4.86.